The smallest absolute Gasteiger partial charge is 0.181 e. The second kappa shape index (κ2) is 6.89. The van der Waals surface area contributed by atoms with E-state index in [0.717, 1.165) is 0 Å². The van der Waals surface area contributed by atoms with E-state index in [1.54, 1.807) is 30.5 Å². The summed E-state index contributed by atoms with van der Waals surface area (Å²) >= 11 is 0. The molecule has 2 heterocycles. The van der Waals surface area contributed by atoms with Crippen LogP contribution >= 0.6 is 0 Å². The predicted octanol–water partition coefficient (Wildman–Crippen LogP) is 1.60. The summed E-state index contributed by atoms with van der Waals surface area (Å²) in [6, 6.07) is 3.61. The van der Waals surface area contributed by atoms with E-state index in [4.69, 9.17) is 4.74 Å². The molecule has 0 aromatic carbocycles. The van der Waals surface area contributed by atoms with E-state index in [1.165, 1.54) is 0 Å². The molecule has 2 aromatic rings. The van der Waals surface area contributed by atoms with Crippen LogP contribution in [0.5, 0.6) is 5.75 Å². The summed E-state index contributed by atoms with van der Waals surface area (Å²) in [5.41, 5.74) is 1.68. The molecule has 0 spiro atoms. The molecule has 0 aliphatic rings. The lowest BCUT2D eigenvalue weighted by Gasteiger charge is -2.16. The van der Waals surface area contributed by atoms with Gasteiger partial charge in [-0.15, -0.1) is 0 Å². The number of Topliss-reactive ketones (excluding diaryl/α,β-unsaturated/α-hetero) is 1. The summed E-state index contributed by atoms with van der Waals surface area (Å²) in [4.78, 5) is 17.0. The fraction of sp³-hybridized carbons (Fsp3) is 0.500. The molecule has 22 heavy (non-hydrogen) atoms. The summed E-state index contributed by atoms with van der Waals surface area (Å²) in [5.74, 6) is -0.00694. The molecular weight excluding hydrogens is 284 g/mol. The molecule has 2 N–H and O–H groups in total. The molecule has 0 amide bonds. The number of carbonyl (C=O) groups excluding carboxylic acids is 1. The molecular formula is C16H22N2O4. The Hall–Kier alpha value is -1.92. The lowest BCUT2D eigenvalue weighted by atomic mass is 9.96. The summed E-state index contributed by atoms with van der Waals surface area (Å²) in [5, 5.41) is 18.9. The predicted molar refractivity (Wildman–Crippen MR) is 82.3 cm³/mol. The number of pyridine rings is 1. The van der Waals surface area contributed by atoms with Gasteiger partial charge in [0.05, 0.1) is 18.4 Å². The average Bonchev–Trinajstić information content (AvgIpc) is 2.81. The Morgan fingerprint density at radius 1 is 1.50 bits per heavy atom. The zero-order valence-corrected chi connectivity index (χ0v) is 13.1. The Labute approximate surface area is 129 Å². The van der Waals surface area contributed by atoms with Crippen LogP contribution in [0.15, 0.2) is 18.3 Å². The largest absolute Gasteiger partial charge is 0.490 e. The van der Waals surface area contributed by atoms with Gasteiger partial charge in [-0.3, -0.25) is 9.20 Å². The minimum Gasteiger partial charge on any atom is -0.490 e. The highest BCUT2D eigenvalue weighted by atomic mass is 16.5. The van der Waals surface area contributed by atoms with E-state index in [1.807, 2.05) is 13.0 Å². The maximum atomic E-state index is 12.6. The van der Waals surface area contributed by atoms with Crippen LogP contribution in [0.1, 0.15) is 36.5 Å². The number of rotatable bonds is 7. The summed E-state index contributed by atoms with van der Waals surface area (Å²) in [7, 11) is 0. The standard InChI is InChI=1S/C16H22N2O4/c1-4-22-14-6-5-7-18-15(10(2)17-16(14)18)13(21)8-12(9-19)11(3)20/h5-7,11-12,19-20H,4,8-9H2,1-3H3/t11-,12-/m0/s1. The maximum absolute atomic E-state index is 12.6. The third-order valence-electron chi connectivity index (χ3n) is 3.72. The van der Waals surface area contributed by atoms with E-state index in [9.17, 15) is 15.0 Å². The van der Waals surface area contributed by atoms with Crippen molar-refractivity contribution in [1.29, 1.82) is 0 Å². The number of imidazole rings is 1. The van der Waals surface area contributed by atoms with E-state index < -0.39 is 12.0 Å². The van der Waals surface area contributed by atoms with Crippen molar-refractivity contribution >= 4 is 11.4 Å². The maximum Gasteiger partial charge on any atom is 0.181 e. The number of aryl methyl sites for hydroxylation is 1. The molecule has 0 bridgehead atoms. The van der Waals surface area contributed by atoms with Crippen molar-refractivity contribution in [3.05, 3.63) is 29.7 Å². The first kappa shape index (κ1) is 16.5. The number of nitrogens with zero attached hydrogens (tertiary/aromatic N) is 2. The Morgan fingerprint density at radius 2 is 2.23 bits per heavy atom. The topological polar surface area (TPSA) is 84.1 Å². The van der Waals surface area contributed by atoms with Crippen LogP contribution in [0.4, 0.5) is 0 Å². The highest BCUT2D eigenvalue weighted by Gasteiger charge is 2.24. The Balaban J connectivity index is 2.41. The number of ether oxygens (including phenoxy) is 1. The Morgan fingerprint density at radius 3 is 2.82 bits per heavy atom. The fourth-order valence-electron chi connectivity index (χ4n) is 2.48. The van der Waals surface area contributed by atoms with Gasteiger partial charge in [0.1, 0.15) is 5.69 Å². The van der Waals surface area contributed by atoms with Gasteiger partial charge in [0, 0.05) is 25.1 Å². The van der Waals surface area contributed by atoms with Gasteiger partial charge in [-0.25, -0.2) is 4.98 Å². The zero-order chi connectivity index (χ0) is 16.3. The SMILES string of the molecule is CCOc1cccn2c(C(=O)C[C@@H](CO)[C@H](C)O)c(C)nc12. The number of fused-ring (bicyclic) bond motifs is 1. The molecule has 0 aliphatic heterocycles. The van der Waals surface area contributed by atoms with Crippen LogP contribution in [0, 0.1) is 12.8 Å². The van der Waals surface area contributed by atoms with Crippen LogP contribution in [0.25, 0.3) is 5.65 Å². The highest BCUT2D eigenvalue weighted by Crippen LogP contribution is 2.24. The van der Waals surface area contributed by atoms with Gasteiger partial charge >= 0.3 is 0 Å². The molecule has 2 aromatic heterocycles. The van der Waals surface area contributed by atoms with Crippen molar-refractivity contribution in [3.63, 3.8) is 0 Å². The Kier molecular flexibility index (Phi) is 5.15. The molecule has 0 radical (unpaired) electrons. The normalized spacial score (nSPS) is 14.0. The molecule has 120 valence electrons. The van der Waals surface area contributed by atoms with Gasteiger partial charge in [0.25, 0.3) is 0 Å². The number of hydrogen-bond donors (Lipinski definition) is 2. The quantitative estimate of drug-likeness (QED) is 0.759. The average molecular weight is 306 g/mol. The third-order valence-corrected chi connectivity index (χ3v) is 3.72. The molecule has 2 atom stereocenters. The van der Waals surface area contributed by atoms with Crippen LogP contribution < -0.4 is 4.74 Å². The summed E-state index contributed by atoms with van der Waals surface area (Å²) in [6.45, 7) is 5.52. The van der Waals surface area contributed by atoms with E-state index >= 15 is 0 Å². The minimum atomic E-state index is -0.743. The molecule has 6 nitrogen and oxygen atoms in total. The number of hydrogen-bond acceptors (Lipinski definition) is 5. The number of carbonyl (C=O) groups is 1. The van der Waals surface area contributed by atoms with Crippen molar-refractivity contribution in [3.8, 4) is 5.75 Å². The van der Waals surface area contributed by atoms with Crippen molar-refractivity contribution in [2.45, 2.75) is 33.3 Å². The monoisotopic (exact) mass is 306 g/mol. The fourth-order valence-corrected chi connectivity index (χ4v) is 2.48. The minimum absolute atomic E-state index is 0.0711. The van der Waals surface area contributed by atoms with E-state index in [-0.39, 0.29) is 18.8 Å². The van der Waals surface area contributed by atoms with Gasteiger partial charge in [0.2, 0.25) is 0 Å². The molecule has 0 fully saturated rings. The third kappa shape index (κ3) is 3.13. The first-order chi connectivity index (χ1) is 10.5. The van der Waals surface area contributed by atoms with Crippen LogP contribution in [0.3, 0.4) is 0 Å². The number of aromatic nitrogens is 2. The molecule has 0 saturated heterocycles. The van der Waals surface area contributed by atoms with Crippen LogP contribution in [-0.2, 0) is 0 Å². The van der Waals surface area contributed by atoms with Crippen molar-refractivity contribution in [2.75, 3.05) is 13.2 Å². The van der Waals surface area contributed by atoms with Gasteiger partial charge in [-0.1, -0.05) is 0 Å². The second-order valence-corrected chi connectivity index (χ2v) is 5.36. The van der Waals surface area contributed by atoms with Gasteiger partial charge in [-0.05, 0) is 32.9 Å². The van der Waals surface area contributed by atoms with Gasteiger partial charge in [-0.2, -0.15) is 0 Å². The van der Waals surface area contributed by atoms with Gasteiger partial charge in [0.15, 0.2) is 17.2 Å². The zero-order valence-electron chi connectivity index (χ0n) is 13.1. The van der Waals surface area contributed by atoms with Crippen molar-refractivity contribution < 1.29 is 19.7 Å². The number of aliphatic hydroxyl groups is 2. The number of ketones is 1. The lowest BCUT2D eigenvalue weighted by Crippen LogP contribution is -2.24. The highest BCUT2D eigenvalue weighted by molar-refractivity contribution is 5.96. The van der Waals surface area contributed by atoms with Crippen molar-refractivity contribution in [2.24, 2.45) is 5.92 Å². The molecule has 2 rings (SSSR count). The number of aliphatic hydroxyl groups excluding tert-OH is 2. The molecule has 6 heteroatoms. The van der Waals surface area contributed by atoms with Gasteiger partial charge < -0.3 is 14.9 Å². The van der Waals surface area contributed by atoms with Crippen molar-refractivity contribution in [1.82, 2.24) is 9.38 Å². The second-order valence-electron chi connectivity index (χ2n) is 5.36. The van der Waals surface area contributed by atoms with E-state index in [2.05, 4.69) is 4.98 Å². The Bertz CT molecular complexity index is 663. The lowest BCUT2D eigenvalue weighted by molar-refractivity contribution is 0.0643. The summed E-state index contributed by atoms with van der Waals surface area (Å²) < 4.78 is 7.24. The van der Waals surface area contributed by atoms with Crippen LogP contribution in [0.2, 0.25) is 0 Å². The molecule has 0 saturated carbocycles. The first-order valence-corrected chi connectivity index (χ1v) is 7.42. The van der Waals surface area contributed by atoms with Crippen LogP contribution in [-0.4, -0.2) is 44.7 Å². The van der Waals surface area contributed by atoms with E-state index in [0.29, 0.717) is 29.4 Å². The first-order valence-electron chi connectivity index (χ1n) is 7.42. The summed E-state index contributed by atoms with van der Waals surface area (Å²) in [6.07, 6.45) is 1.09. The molecule has 0 aliphatic carbocycles. The molecule has 0 unspecified atom stereocenters.